The standard InChI is InChI=1S/C18H35N3O2/c1-13(2)20-9-7-16(12-20)19-15-8-10-21(14(3)11-15)17(22)23-18(4,5)6/h13-16,19H,7-12H2,1-6H3. The minimum Gasteiger partial charge on any atom is -0.444 e. The lowest BCUT2D eigenvalue weighted by Crippen LogP contribution is -2.53. The van der Waals surface area contributed by atoms with E-state index in [0.29, 0.717) is 18.1 Å². The molecule has 2 fully saturated rings. The van der Waals surface area contributed by atoms with Crippen LogP contribution in [-0.4, -0.2) is 65.3 Å². The molecule has 0 saturated carbocycles. The number of ether oxygens (including phenoxy) is 1. The second kappa shape index (κ2) is 7.39. The third-order valence-electron chi connectivity index (χ3n) is 4.93. The molecule has 2 aliphatic heterocycles. The number of likely N-dealkylation sites (tertiary alicyclic amines) is 2. The quantitative estimate of drug-likeness (QED) is 0.866. The average molecular weight is 325 g/mol. The van der Waals surface area contributed by atoms with Crippen LogP contribution in [0.1, 0.15) is 60.8 Å². The zero-order chi connectivity index (χ0) is 17.2. The average Bonchev–Trinajstić information content (AvgIpc) is 2.85. The first kappa shape index (κ1) is 18.5. The fourth-order valence-electron chi connectivity index (χ4n) is 3.64. The SMILES string of the molecule is CC(C)N1CCC(NC2CCN(C(=O)OC(C)(C)C)C(C)C2)C1. The molecule has 0 spiro atoms. The molecular weight excluding hydrogens is 290 g/mol. The maximum Gasteiger partial charge on any atom is 0.410 e. The summed E-state index contributed by atoms with van der Waals surface area (Å²) in [5.74, 6) is 0. The summed E-state index contributed by atoms with van der Waals surface area (Å²) >= 11 is 0. The van der Waals surface area contributed by atoms with Crippen LogP contribution >= 0.6 is 0 Å². The largest absolute Gasteiger partial charge is 0.444 e. The van der Waals surface area contributed by atoms with Gasteiger partial charge in [0.1, 0.15) is 5.60 Å². The first-order valence-electron chi connectivity index (χ1n) is 9.15. The minimum atomic E-state index is -0.421. The van der Waals surface area contributed by atoms with Crippen LogP contribution in [0.3, 0.4) is 0 Å². The lowest BCUT2D eigenvalue weighted by Gasteiger charge is -2.39. The number of amides is 1. The van der Waals surface area contributed by atoms with Gasteiger partial charge in [0.25, 0.3) is 0 Å². The van der Waals surface area contributed by atoms with Gasteiger partial charge in [-0.1, -0.05) is 0 Å². The Kier molecular flexibility index (Phi) is 5.95. The summed E-state index contributed by atoms with van der Waals surface area (Å²) in [6.07, 6.45) is 3.09. The topological polar surface area (TPSA) is 44.8 Å². The predicted molar refractivity (Wildman–Crippen MR) is 93.7 cm³/mol. The van der Waals surface area contributed by atoms with E-state index >= 15 is 0 Å². The second-order valence-electron chi connectivity index (χ2n) is 8.49. The molecule has 3 atom stereocenters. The van der Waals surface area contributed by atoms with Gasteiger partial charge in [-0.05, 0) is 67.3 Å². The Bertz CT molecular complexity index is 406. The van der Waals surface area contributed by atoms with Gasteiger partial charge in [0.15, 0.2) is 0 Å². The molecule has 1 N–H and O–H groups in total. The highest BCUT2D eigenvalue weighted by atomic mass is 16.6. The van der Waals surface area contributed by atoms with E-state index in [1.807, 2.05) is 25.7 Å². The number of carbonyl (C=O) groups is 1. The van der Waals surface area contributed by atoms with E-state index in [1.54, 1.807) is 0 Å². The minimum absolute atomic E-state index is 0.171. The maximum absolute atomic E-state index is 12.3. The molecule has 2 saturated heterocycles. The lowest BCUT2D eigenvalue weighted by molar-refractivity contribution is 0.00901. The molecule has 2 rings (SSSR count). The number of hydrogen-bond donors (Lipinski definition) is 1. The van der Waals surface area contributed by atoms with Crippen LogP contribution < -0.4 is 5.32 Å². The molecule has 0 aromatic carbocycles. The zero-order valence-corrected chi connectivity index (χ0v) is 15.8. The van der Waals surface area contributed by atoms with E-state index < -0.39 is 5.60 Å². The highest BCUT2D eigenvalue weighted by Crippen LogP contribution is 2.22. The van der Waals surface area contributed by atoms with Gasteiger partial charge in [-0.3, -0.25) is 4.90 Å². The first-order chi connectivity index (χ1) is 10.7. The van der Waals surface area contributed by atoms with Gasteiger partial charge in [-0.25, -0.2) is 4.79 Å². The Morgan fingerprint density at radius 3 is 2.35 bits per heavy atom. The molecule has 2 heterocycles. The van der Waals surface area contributed by atoms with Crippen LogP contribution in [0.4, 0.5) is 4.79 Å². The normalized spacial score (nSPS) is 30.0. The number of hydrogen-bond acceptors (Lipinski definition) is 4. The number of rotatable bonds is 3. The molecule has 5 nitrogen and oxygen atoms in total. The van der Waals surface area contributed by atoms with Crippen molar-refractivity contribution in [3.05, 3.63) is 0 Å². The van der Waals surface area contributed by atoms with Crippen LogP contribution in [0.25, 0.3) is 0 Å². The van der Waals surface area contributed by atoms with E-state index in [2.05, 4.69) is 31.0 Å². The highest BCUT2D eigenvalue weighted by molar-refractivity contribution is 5.68. The number of carbonyl (C=O) groups excluding carboxylic acids is 1. The first-order valence-corrected chi connectivity index (χ1v) is 9.15. The molecule has 5 heteroatoms. The van der Waals surface area contributed by atoms with E-state index in [4.69, 9.17) is 4.74 Å². The Hall–Kier alpha value is -0.810. The van der Waals surface area contributed by atoms with Crippen LogP contribution in [-0.2, 0) is 4.74 Å². The third-order valence-corrected chi connectivity index (χ3v) is 4.93. The summed E-state index contributed by atoms with van der Waals surface area (Å²) in [7, 11) is 0. The van der Waals surface area contributed by atoms with Gasteiger partial charge >= 0.3 is 6.09 Å². The lowest BCUT2D eigenvalue weighted by atomic mass is 9.97. The third kappa shape index (κ3) is 5.35. The van der Waals surface area contributed by atoms with Crippen molar-refractivity contribution in [3.8, 4) is 0 Å². The zero-order valence-electron chi connectivity index (χ0n) is 15.8. The van der Waals surface area contributed by atoms with Crippen molar-refractivity contribution in [3.63, 3.8) is 0 Å². The van der Waals surface area contributed by atoms with E-state index in [0.717, 1.165) is 25.9 Å². The van der Waals surface area contributed by atoms with Gasteiger partial charge in [0.05, 0.1) is 0 Å². The van der Waals surface area contributed by atoms with Gasteiger partial charge < -0.3 is 15.0 Å². The fourth-order valence-corrected chi connectivity index (χ4v) is 3.64. The molecule has 23 heavy (non-hydrogen) atoms. The molecule has 0 bridgehead atoms. The molecule has 0 radical (unpaired) electrons. The van der Waals surface area contributed by atoms with Crippen molar-refractivity contribution < 1.29 is 9.53 Å². The summed E-state index contributed by atoms with van der Waals surface area (Å²) in [4.78, 5) is 16.7. The van der Waals surface area contributed by atoms with Crippen LogP contribution in [0.2, 0.25) is 0 Å². The van der Waals surface area contributed by atoms with Gasteiger partial charge in [-0.15, -0.1) is 0 Å². The van der Waals surface area contributed by atoms with Crippen LogP contribution in [0.15, 0.2) is 0 Å². The van der Waals surface area contributed by atoms with Crippen molar-refractivity contribution in [2.75, 3.05) is 19.6 Å². The summed E-state index contributed by atoms with van der Waals surface area (Å²) in [6.45, 7) is 15.6. The van der Waals surface area contributed by atoms with Crippen molar-refractivity contribution in [1.82, 2.24) is 15.1 Å². The summed E-state index contributed by atoms with van der Waals surface area (Å²) < 4.78 is 5.52. The Balaban J connectivity index is 1.79. The number of piperidine rings is 1. The fraction of sp³-hybridized carbons (Fsp3) is 0.944. The smallest absolute Gasteiger partial charge is 0.410 e. The van der Waals surface area contributed by atoms with Crippen molar-refractivity contribution in [1.29, 1.82) is 0 Å². The van der Waals surface area contributed by atoms with Crippen molar-refractivity contribution >= 4 is 6.09 Å². The van der Waals surface area contributed by atoms with E-state index in [1.165, 1.54) is 13.0 Å². The predicted octanol–water partition coefficient (Wildman–Crippen LogP) is 2.85. The Labute approximate surface area is 141 Å². The summed E-state index contributed by atoms with van der Waals surface area (Å²) in [5.41, 5.74) is -0.421. The molecule has 0 aromatic rings. The number of nitrogens with one attached hydrogen (secondary N) is 1. The van der Waals surface area contributed by atoms with Crippen LogP contribution in [0.5, 0.6) is 0 Å². The summed E-state index contributed by atoms with van der Waals surface area (Å²) in [6, 6.07) is 1.98. The number of nitrogens with zero attached hydrogens (tertiary/aromatic N) is 2. The van der Waals surface area contributed by atoms with Crippen LogP contribution in [0, 0.1) is 0 Å². The molecule has 0 aromatic heterocycles. The molecule has 3 unspecified atom stereocenters. The van der Waals surface area contributed by atoms with Gasteiger partial charge in [0.2, 0.25) is 0 Å². The van der Waals surface area contributed by atoms with Crippen molar-refractivity contribution in [2.45, 2.75) is 90.6 Å². The molecule has 134 valence electrons. The molecule has 0 aliphatic carbocycles. The maximum atomic E-state index is 12.3. The van der Waals surface area contributed by atoms with Crippen molar-refractivity contribution in [2.24, 2.45) is 0 Å². The second-order valence-corrected chi connectivity index (χ2v) is 8.49. The molecular formula is C18H35N3O2. The van der Waals surface area contributed by atoms with E-state index in [9.17, 15) is 4.79 Å². The van der Waals surface area contributed by atoms with Gasteiger partial charge in [0, 0.05) is 37.3 Å². The highest BCUT2D eigenvalue weighted by Gasteiger charge is 2.33. The Morgan fingerprint density at radius 2 is 1.83 bits per heavy atom. The monoisotopic (exact) mass is 325 g/mol. The Morgan fingerprint density at radius 1 is 1.17 bits per heavy atom. The van der Waals surface area contributed by atoms with E-state index in [-0.39, 0.29) is 12.1 Å². The van der Waals surface area contributed by atoms with Gasteiger partial charge in [-0.2, -0.15) is 0 Å². The summed E-state index contributed by atoms with van der Waals surface area (Å²) in [5, 5.41) is 3.82. The molecule has 1 amide bonds. The molecule has 2 aliphatic rings.